The Bertz CT molecular complexity index is 1020. The summed E-state index contributed by atoms with van der Waals surface area (Å²) < 4.78 is 28.4. The van der Waals surface area contributed by atoms with Crippen molar-refractivity contribution in [1.29, 1.82) is 0 Å². The van der Waals surface area contributed by atoms with Gasteiger partial charge in [-0.2, -0.15) is 5.10 Å². The van der Waals surface area contributed by atoms with Gasteiger partial charge in [-0.3, -0.25) is 0 Å². The van der Waals surface area contributed by atoms with Gasteiger partial charge in [-0.1, -0.05) is 0 Å². The molecule has 8 nitrogen and oxygen atoms in total. The first-order valence-electron chi connectivity index (χ1n) is 9.11. The number of urea groups is 1. The highest BCUT2D eigenvalue weighted by molar-refractivity contribution is 5.89. The van der Waals surface area contributed by atoms with Crippen molar-refractivity contribution in [2.75, 3.05) is 36.4 Å². The third kappa shape index (κ3) is 4.15. The van der Waals surface area contributed by atoms with Crippen LogP contribution in [0.2, 0.25) is 0 Å². The summed E-state index contributed by atoms with van der Waals surface area (Å²) in [6.45, 7) is 3.82. The lowest BCUT2D eigenvalue weighted by Crippen LogP contribution is -2.50. The van der Waals surface area contributed by atoms with Crippen molar-refractivity contribution in [1.82, 2.24) is 24.6 Å². The van der Waals surface area contributed by atoms with Gasteiger partial charge >= 0.3 is 6.03 Å². The van der Waals surface area contributed by atoms with Crippen LogP contribution in [0.5, 0.6) is 0 Å². The maximum atomic E-state index is 13.8. The van der Waals surface area contributed by atoms with Gasteiger partial charge in [0.2, 0.25) is 0 Å². The van der Waals surface area contributed by atoms with Crippen LogP contribution >= 0.6 is 0 Å². The lowest BCUT2D eigenvalue weighted by molar-refractivity contribution is 0.208. The summed E-state index contributed by atoms with van der Waals surface area (Å²) in [5, 5.41) is 6.68. The third-order valence-electron chi connectivity index (χ3n) is 4.61. The van der Waals surface area contributed by atoms with Crippen LogP contribution in [0.1, 0.15) is 5.82 Å². The van der Waals surface area contributed by atoms with Crippen molar-refractivity contribution >= 4 is 17.5 Å². The molecule has 0 atom stereocenters. The summed E-state index contributed by atoms with van der Waals surface area (Å²) in [4.78, 5) is 25.0. The fourth-order valence-electron chi connectivity index (χ4n) is 3.14. The largest absolute Gasteiger partial charge is 0.353 e. The molecule has 4 rings (SSSR count). The molecular formula is C19H19F2N7O. The minimum atomic E-state index is -0.806. The van der Waals surface area contributed by atoms with Gasteiger partial charge < -0.3 is 15.1 Å². The molecule has 2 amide bonds. The number of anilines is 2. The molecule has 1 aliphatic rings. The molecule has 1 aromatic carbocycles. The Morgan fingerprint density at radius 2 is 1.83 bits per heavy atom. The molecule has 0 saturated carbocycles. The van der Waals surface area contributed by atoms with Crippen LogP contribution in [-0.4, -0.2) is 56.9 Å². The second-order valence-corrected chi connectivity index (χ2v) is 6.61. The molecule has 2 aromatic heterocycles. The SMILES string of the molecule is Cc1nc(N2CCN(C(=O)Nc3ccc(F)cc3F)CC2)cc(-n2cccn2)n1. The minimum Gasteiger partial charge on any atom is -0.353 e. The maximum absolute atomic E-state index is 13.8. The Kier molecular flexibility index (Phi) is 5.07. The first-order valence-corrected chi connectivity index (χ1v) is 9.11. The highest BCUT2D eigenvalue weighted by Gasteiger charge is 2.23. The molecular weight excluding hydrogens is 380 g/mol. The van der Waals surface area contributed by atoms with E-state index in [-0.39, 0.29) is 5.69 Å². The lowest BCUT2D eigenvalue weighted by Gasteiger charge is -2.35. The number of amides is 2. The van der Waals surface area contributed by atoms with Gasteiger partial charge in [0, 0.05) is 50.7 Å². The summed E-state index contributed by atoms with van der Waals surface area (Å²) in [5.74, 6) is 0.556. The van der Waals surface area contributed by atoms with Crippen LogP contribution in [0, 0.1) is 18.6 Å². The summed E-state index contributed by atoms with van der Waals surface area (Å²) >= 11 is 0. The van der Waals surface area contributed by atoms with E-state index in [1.54, 1.807) is 15.8 Å². The summed E-state index contributed by atoms with van der Waals surface area (Å²) in [5.41, 5.74) is -0.0471. The van der Waals surface area contributed by atoms with Gasteiger partial charge in [0.15, 0.2) is 5.82 Å². The fraction of sp³-hybridized carbons (Fsp3) is 0.263. The van der Waals surface area contributed by atoms with Crippen LogP contribution in [-0.2, 0) is 0 Å². The first-order chi connectivity index (χ1) is 14.0. The number of nitrogens with zero attached hydrogens (tertiary/aromatic N) is 6. The number of halogens is 2. The van der Waals surface area contributed by atoms with Crippen LogP contribution in [0.15, 0.2) is 42.7 Å². The van der Waals surface area contributed by atoms with E-state index in [1.165, 1.54) is 6.07 Å². The van der Waals surface area contributed by atoms with Gasteiger partial charge in [-0.05, 0) is 25.1 Å². The number of carbonyl (C=O) groups is 1. The zero-order valence-electron chi connectivity index (χ0n) is 15.7. The third-order valence-corrected chi connectivity index (χ3v) is 4.61. The van der Waals surface area contributed by atoms with Gasteiger partial charge in [-0.15, -0.1) is 0 Å². The summed E-state index contributed by atoms with van der Waals surface area (Å²) in [6, 6.07) is 6.29. The van der Waals surface area contributed by atoms with E-state index in [4.69, 9.17) is 0 Å². The Morgan fingerprint density at radius 1 is 1.07 bits per heavy atom. The molecule has 0 aliphatic carbocycles. The normalized spacial score (nSPS) is 14.2. The predicted octanol–water partition coefficient (Wildman–Crippen LogP) is 2.60. The van der Waals surface area contributed by atoms with Crippen LogP contribution in [0.4, 0.5) is 25.1 Å². The summed E-state index contributed by atoms with van der Waals surface area (Å²) in [7, 11) is 0. The van der Waals surface area contributed by atoms with E-state index in [0.717, 1.165) is 18.0 Å². The number of aryl methyl sites for hydroxylation is 1. The second-order valence-electron chi connectivity index (χ2n) is 6.61. The molecule has 29 heavy (non-hydrogen) atoms. The number of benzene rings is 1. The molecule has 0 radical (unpaired) electrons. The quantitative estimate of drug-likeness (QED) is 0.733. The van der Waals surface area contributed by atoms with Gasteiger partial charge in [-0.25, -0.2) is 28.2 Å². The molecule has 0 unspecified atom stereocenters. The zero-order valence-corrected chi connectivity index (χ0v) is 15.7. The second kappa shape index (κ2) is 7.82. The number of piperazine rings is 1. The molecule has 0 spiro atoms. The molecule has 0 bridgehead atoms. The van der Waals surface area contributed by atoms with E-state index >= 15 is 0 Å². The Labute approximate surface area is 165 Å². The minimum absolute atomic E-state index is 0.0471. The van der Waals surface area contributed by atoms with Crippen molar-refractivity contribution in [3.8, 4) is 5.82 Å². The number of nitrogens with one attached hydrogen (secondary N) is 1. The average molecular weight is 399 g/mol. The molecule has 3 aromatic rings. The van der Waals surface area contributed by atoms with Crippen molar-refractivity contribution in [2.45, 2.75) is 6.92 Å². The number of rotatable bonds is 3. The zero-order chi connectivity index (χ0) is 20.4. The van der Waals surface area contributed by atoms with Crippen LogP contribution < -0.4 is 10.2 Å². The van der Waals surface area contributed by atoms with Gasteiger partial charge in [0.1, 0.15) is 23.3 Å². The molecule has 1 saturated heterocycles. The van der Waals surface area contributed by atoms with Crippen LogP contribution in [0.3, 0.4) is 0 Å². The molecule has 1 aliphatic heterocycles. The van der Waals surface area contributed by atoms with Gasteiger partial charge in [0.25, 0.3) is 0 Å². The van der Waals surface area contributed by atoms with Crippen molar-refractivity contribution in [3.63, 3.8) is 0 Å². The highest BCUT2D eigenvalue weighted by atomic mass is 19.1. The molecule has 1 N–H and O–H groups in total. The standard InChI is InChI=1S/C19H19F2N7O/c1-13-23-17(12-18(24-13)28-6-2-5-22-28)26-7-9-27(10-8-26)19(29)25-16-4-3-14(20)11-15(16)21/h2-6,11-12H,7-10H2,1H3,(H,25,29). The Morgan fingerprint density at radius 3 is 2.52 bits per heavy atom. The van der Waals surface area contributed by atoms with Crippen molar-refractivity contribution in [3.05, 3.63) is 60.2 Å². The highest BCUT2D eigenvalue weighted by Crippen LogP contribution is 2.19. The lowest BCUT2D eigenvalue weighted by atomic mass is 10.3. The maximum Gasteiger partial charge on any atom is 0.322 e. The van der Waals surface area contributed by atoms with Crippen molar-refractivity contribution < 1.29 is 13.6 Å². The molecule has 3 heterocycles. The summed E-state index contributed by atoms with van der Waals surface area (Å²) in [6.07, 6.45) is 3.49. The smallest absolute Gasteiger partial charge is 0.322 e. The van der Waals surface area contributed by atoms with E-state index in [9.17, 15) is 13.6 Å². The van der Waals surface area contributed by atoms with Gasteiger partial charge in [0.05, 0.1) is 5.69 Å². The topological polar surface area (TPSA) is 79.2 Å². The van der Waals surface area contributed by atoms with E-state index in [1.807, 2.05) is 25.3 Å². The molecule has 1 fully saturated rings. The Balaban J connectivity index is 1.41. The number of hydrogen-bond acceptors (Lipinski definition) is 5. The van der Waals surface area contributed by atoms with E-state index < -0.39 is 17.7 Å². The monoisotopic (exact) mass is 399 g/mol. The number of carbonyl (C=O) groups excluding carboxylic acids is 1. The first kappa shape index (κ1) is 18.8. The predicted molar refractivity (Wildman–Crippen MR) is 103 cm³/mol. The number of aromatic nitrogens is 4. The fourth-order valence-corrected chi connectivity index (χ4v) is 3.14. The average Bonchev–Trinajstić information content (AvgIpc) is 3.25. The molecule has 150 valence electrons. The molecule has 10 heteroatoms. The van der Waals surface area contributed by atoms with E-state index in [0.29, 0.717) is 37.8 Å². The van der Waals surface area contributed by atoms with E-state index in [2.05, 4.69) is 25.3 Å². The number of hydrogen-bond donors (Lipinski definition) is 1. The Hall–Kier alpha value is -3.56. The van der Waals surface area contributed by atoms with Crippen molar-refractivity contribution in [2.24, 2.45) is 0 Å². The van der Waals surface area contributed by atoms with Crippen LogP contribution in [0.25, 0.3) is 5.82 Å².